The molecule has 0 unspecified atom stereocenters. The number of ether oxygens (including phenoxy) is 1. The SMILES string of the molecule is COc1ccc(C=O)cc1/C=C/C1CC1. The molecule has 1 aromatic carbocycles. The summed E-state index contributed by atoms with van der Waals surface area (Å²) in [6.07, 6.45) is 7.65. The molecule has 0 spiro atoms. The zero-order valence-corrected chi connectivity index (χ0v) is 8.77. The third-order valence-corrected chi connectivity index (χ3v) is 2.56. The minimum Gasteiger partial charge on any atom is -0.496 e. The van der Waals surface area contributed by atoms with Crippen LogP contribution in [0.3, 0.4) is 0 Å². The molecule has 0 aromatic heterocycles. The van der Waals surface area contributed by atoms with Gasteiger partial charge < -0.3 is 4.74 Å². The Bertz CT molecular complexity index is 390. The summed E-state index contributed by atoms with van der Waals surface area (Å²) >= 11 is 0. The Morgan fingerprint density at radius 3 is 2.80 bits per heavy atom. The molecule has 15 heavy (non-hydrogen) atoms. The normalized spacial score (nSPS) is 15.5. The van der Waals surface area contributed by atoms with Crippen molar-refractivity contribution in [3.8, 4) is 5.75 Å². The van der Waals surface area contributed by atoms with Crippen LogP contribution in [-0.4, -0.2) is 13.4 Å². The molecule has 2 nitrogen and oxygen atoms in total. The predicted octanol–water partition coefficient (Wildman–Crippen LogP) is 2.93. The van der Waals surface area contributed by atoms with Crippen molar-refractivity contribution in [3.05, 3.63) is 35.4 Å². The molecule has 0 saturated heterocycles. The highest BCUT2D eigenvalue weighted by molar-refractivity contribution is 5.77. The molecule has 1 aliphatic carbocycles. The topological polar surface area (TPSA) is 26.3 Å². The Labute approximate surface area is 89.6 Å². The second-order valence-corrected chi connectivity index (χ2v) is 3.82. The molecule has 1 aliphatic rings. The predicted molar refractivity (Wildman–Crippen MR) is 60.1 cm³/mol. The summed E-state index contributed by atoms with van der Waals surface area (Å²) in [5.41, 5.74) is 1.67. The quantitative estimate of drug-likeness (QED) is 0.702. The molecule has 0 aliphatic heterocycles. The number of hydrogen-bond donors (Lipinski definition) is 0. The van der Waals surface area contributed by atoms with Crippen molar-refractivity contribution in [2.75, 3.05) is 7.11 Å². The van der Waals surface area contributed by atoms with Crippen LogP contribution < -0.4 is 4.74 Å². The summed E-state index contributed by atoms with van der Waals surface area (Å²) in [5.74, 6) is 1.55. The van der Waals surface area contributed by atoms with E-state index in [1.54, 1.807) is 13.2 Å². The first-order chi connectivity index (χ1) is 7.33. The Morgan fingerprint density at radius 2 is 2.20 bits per heavy atom. The highest BCUT2D eigenvalue weighted by Gasteiger charge is 2.17. The fourth-order valence-corrected chi connectivity index (χ4v) is 1.48. The van der Waals surface area contributed by atoms with Gasteiger partial charge in [0.05, 0.1) is 7.11 Å². The summed E-state index contributed by atoms with van der Waals surface area (Å²) in [6, 6.07) is 5.45. The molecule has 2 rings (SSSR count). The van der Waals surface area contributed by atoms with Crippen molar-refractivity contribution in [3.63, 3.8) is 0 Å². The third-order valence-electron chi connectivity index (χ3n) is 2.56. The van der Waals surface area contributed by atoms with E-state index in [0.717, 1.165) is 23.5 Å². The first-order valence-corrected chi connectivity index (χ1v) is 5.15. The maximum absolute atomic E-state index is 10.6. The van der Waals surface area contributed by atoms with Gasteiger partial charge in [-0.25, -0.2) is 0 Å². The van der Waals surface area contributed by atoms with Gasteiger partial charge in [0.1, 0.15) is 12.0 Å². The van der Waals surface area contributed by atoms with Gasteiger partial charge in [-0.15, -0.1) is 0 Å². The van der Waals surface area contributed by atoms with E-state index in [9.17, 15) is 4.79 Å². The molecule has 0 bridgehead atoms. The van der Waals surface area contributed by atoms with Crippen molar-refractivity contribution in [1.82, 2.24) is 0 Å². The average molecular weight is 202 g/mol. The molecule has 0 radical (unpaired) electrons. The average Bonchev–Trinajstić information content (AvgIpc) is 3.09. The van der Waals surface area contributed by atoms with E-state index in [1.165, 1.54) is 12.8 Å². The molecular weight excluding hydrogens is 188 g/mol. The van der Waals surface area contributed by atoms with E-state index in [0.29, 0.717) is 5.56 Å². The Kier molecular flexibility index (Phi) is 2.86. The van der Waals surface area contributed by atoms with E-state index in [4.69, 9.17) is 4.74 Å². The van der Waals surface area contributed by atoms with Crippen LogP contribution in [0, 0.1) is 5.92 Å². The van der Waals surface area contributed by atoms with Gasteiger partial charge in [-0.1, -0.05) is 12.2 Å². The Hall–Kier alpha value is -1.57. The summed E-state index contributed by atoms with van der Waals surface area (Å²) in [5, 5.41) is 0. The summed E-state index contributed by atoms with van der Waals surface area (Å²) in [6.45, 7) is 0. The number of carbonyl (C=O) groups excluding carboxylic acids is 1. The van der Waals surface area contributed by atoms with Crippen molar-refractivity contribution < 1.29 is 9.53 Å². The second kappa shape index (κ2) is 4.30. The first-order valence-electron chi connectivity index (χ1n) is 5.15. The minimum atomic E-state index is 0.686. The van der Waals surface area contributed by atoms with Crippen LogP contribution in [0.25, 0.3) is 6.08 Å². The molecule has 0 heterocycles. The number of allylic oxidation sites excluding steroid dienone is 1. The molecular formula is C13H14O2. The van der Waals surface area contributed by atoms with Gasteiger partial charge in [0.25, 0.3) is 0 Å². The molecule has 78 valence electrons. The van der Waals surface area contributed by atoms with Crippen LogP contribution in [0.1, 0.15) is 28.8 Å². The van der Waals surface area contributed by atoms with Gasteiger partial charge in [-0.05, 0) is 37.0 Å². The van der Waals surface area contributed by atoms with Gasteiger partial charge in [-0.3, -0.25) is 4.79 Å². The second-order valence-electron chi connectivity index (χ2n) is 3.82. The van der Waals surface area contributed by atoms with Gasteiger partial charge in [0.15, 0.2) is 0 Å². The molecule has 0 N–H and O–H groups in total. The lowest BCUT2D eigenvalue weighted by Crippen LogP contribution is -1.89. The van der Waals surface area contributed by atoms with Crippen molar-refractivity contribution in [2.24, 2.45) is 5.92 Å². The van der Waals surface area contributed by atoms with Gasteiger partial charge in [0, 0.05) is 11.1 Å². The monoisotopic (exact) mass is 202 g/mol. The van der Waals surface area contributed by atoms with E-state index in [-0.39, 0.29) is 0 Å². The first kappa shape index (κ1) is 9.97. The Balaban J connectivity index is 2.27. The number of rotatable bonds is 4. The number of carbonyl (C=O) groups is 1. The van der Waals surface area contributed by atoms with Gasteiger partial charge >= 0.3 is 0 Å². The molecule has 1 saturated carbocycles. The van der Waals surface area contributed by atoms with Crippen LogP contribution in [0.15, 0.2) is 24.3 Å². The zero-order valence-electron chi connectivity index (χ0n) is 8.77. The molecule has 1 fully saturated rings. The van der Waals surface area contributed by atoms with E-state index in [1.807, 2.05) is 18.2 Å². The number of benzene rings is 1. The summed E-state index contributed by atoms with van der Waals surface area (Å²) in [7, 11) is 1.64. The highest BCUT2D eigenvalue weighted by atomic mass is 16.5. The van der Waals surface area contributed by atoms with Crippen LogP contribution in [0.5, 0.6) is 5.75 Å². The van der Waals surface area contributed by atoms with Crippen LogP contribution in [0.2, 0.25) is 0 Å². The fourth-order valence-electron chi connectivity index (χ4n) is 1.48. The molecule has 0 amide bonds. The van der Waals surface area contributed by atoms with E-state index >= 15 is 0 Å². The van der Waals surface area contributed by atoms with E-state index < -0.39 is 0 Å². The number of methoxy groups -OCH3 is 1. The van der Waals surface area contributed by atoms with Crippen LogP contribution in [0.4, 0.5) is 0 Å². The van der Waals surface area contributed by atoms with Gasteiger partial charge in [0.2, 0.25) is 0 Å². The lowest BCUT2D eigenvalue weighted by atomic mass is 10.1. The molecule has 1 aromatic rings. The van der Waals surface area contributed by atoms with Gasteiger partial charge in [-0.2, -0.15) is 0 Å². The standard InChI is InChI=1S/C13H14O2/c1-15-13-7-5-11(9-14)8-12(13)6-4-10-2-3-10/h4-10H,2-3H2,1H3/b6-4+. The van der Waals surface area contributed by atoms with Crippen molar-refractivity contribution in [1.29, 1.82) is 0 Å². The highest BCUT2D eigenvalue weighted by Crippen LogP contribution is 2.32. The minimum absolute atomic E-state index is 0.686. The fraction of sp³-hybridized carbons (Fsp3) is 0.308. The van der Waals surface area contributed by atoms with Crippen LogP contribution in [-0.2, 0) is 0 Å². The maximum Gasteiger partial charge on any atom is 0.150 e. The van der Waals surface area contributed by atoms with Crippen molar-refractivity contribution >= 4 is 12.4 Å². The zero-order chi connectivity index (χ0) is 10.7. The Morgan fingerprint density at radius 1 is 1.40 bits per heavy atom. The summed E-state index contributed by atoms with van der Waals surface area (Å²) in [4.78, 5) is 10.6. The van der Waals surface area contributed by atoms with E-state index in [2.05, 4.69) is 6.08 Å². The van der Waals surface area contributed by atoms with Crippen LogP contribution >= 0.6 is 0 Å². The summed E-state index contributed by atoms with van der Waals surface area (Å²) < 4.78 is 5.23. The lowest BCUT2D eigenvalue weighted by molar-refractivity contribution is 0.112. The third kappa shape index (κ3) is 2.46. The number of hydrogen-bond acceptors (Lipinski definition) is 2. The van der Waals surface area contributed by atoms with Crippen molar-refractivity contribution in [2.45, 2.75) is 12.8 Å². The molecule has 0 atom stereocenters. The largest absolute Gasteiger partial charge is 0.496 e. The number of aldehydes is 1. The lowest BCUT2D eigenvalue weighted by Gasteiger charge is -2.04. The maximum atomic E-state index is 10.6. The molecule has 2 heteroatoms. The smallest absolute Gasteiger partial charge is 0.150 e.